The minimum absolute atomic E-state index is 0.107. The average Bonchev–Trinajstić information content (AvgIpc) is 3.28. The molecule has 1 aromatic carbocycles. The van der Waals surface area contributed by atoms with Gasteiger partial charge in [-0.1, -0.05) is 6.92 Å². The Hall–Kier alpha value is -1.42. The molecule has 3 nitrogen and oxygen atoms in total. The standard InChI is InChI=1S/C17H22FN3/c1-2-17(8-3-9-19-11-17)16-20-14-10-12(18)4-7-15(14)21(16)13-5-6-13/h4,7,10,13,19H,2-3,5-6,8-9,11H2,1H3. The van der Waals surface area contributed by atoms with Crippen LogP contribution in [0.25, 0.3) is 11.0 Å². The molecule has 1 aliphatic heterocycles. The Morgan fingerprint density at radius 3 is 2.95 bits per heavy atom. The topological polar surface area (TPSA) is 29.9 Å². The van der Waals surface area contributed by atoms with Crippen molar-refractivity contribution in [3.63, 3.8) is 0 Å². The van der Waals surface area contributed by atoms with Crippen LogP contribution in [-0.2, 0) is 5.41 Å². The molecule has 4 heteroatoms. The van der Waals surface area contributed by atoms with E-state index in [2.05, 4.69) is 16.8 Å². The zero-order valence-corrected chi connectivity index (χ0v) is 12.5. The van der Waals surface area contributed by atoms with E-state index in [1.54, 1.807) is 12.1 Å². The van der Waals surface area contributed by atoms with Crippen LogP contribution in [0, 0.1) is 5.82 Å². The molecule has 1 saturated heterocycles. The van der Waals surface area contributed by atoms with Crippen LogP contribution < -0.4 is 5.32 Å². The highest BCUT2D eigenvalue weighted by Gasteiger charge is 2.40. The van der Waals surface area contributed by atoms with Crippen LogP contribution in [-0.4, -0.2) is 22.6 Å². The van der Waals surface area contributed by atoms with E-state index in [4.69, 9.17) is 4.98 Å². The van der Waals surface area contributed by atoms with Gasteiger partial charge in [-0.2, -0.15) is 0 Å². The van der Waals surface area contributed by atoms with Gasteiger partial charge in [-0.25, -0.2) is 9.37 Å². The van der Waals surface area contributed by atoms with Crippen LogP contribution >= 0.6 is 0 Å². The number of hydrogen-bond donors (Lipinski definition) is 1. The van der Waals surface area contributed by atoms with Crippen LogP contribution in [0.15, 0.2) is 18.2 Å². The quantitative estimate of drug-likeness (QED) is 0.935. The smallest absolute Gasteiger partial charge is 0.125 e. The number of imidazole rings is 1. The first-order valence-electron chi connectivity index (χ1n) is 8.12. The fourth-order valence-electron chi connectivity index (χ4n) is 3.77. The molecule has 2 aliphatic rings. The lowest BCUT2D eigenvalue weighted by atomic mass is 9.77. The van der Waals surface area contributed by atoms with Crippen molar-refractivity contribution in [2.24, 2.45) is 0 Å². The highest BCUT2D eigenvalue weighted by Crippen LogP contribution is 2.44. The van der Waals surface area contributed by atoms with Crippen LogP contribution in [0.4, 0.5) is 4.39 Å². The van der Waals surface area contributed by atoms with E-state index >= 15 is 0 Å². The number of piperidine rings is 1. The van der Waals surface area contributed by atoms with E-state index in [0.717, 1.165) is 30.5 Å². The van der Waals surface area contributed by atoms with E-state index in [1.165, 1.54) is 31.5 Å². The molecule has 1 N–H and O–H groups in total. The third-order valence-electron chi connectivity index (χ3n) is 5.19. The second kappa shape index (κ2) is 4.80. The van der Waals surface area contributed by atoms with Crippen molar-refractivity contribution in [2.75, 3.05) is 13.1 Å². The molecule has 112 valence electrons. The van der Waals surface area contributed by atoms with Gasteiger partial charge in [0.2, 0.25) is 0 Å². The van der Waals surface area contributed by atoms with Crippen molar-refractivity contribution < 1.29 is 4.39 Å². The summed E-state index contributed by atoms with van der Waals surface area (Å²) in [4.78, 5) is 4.88. The Morgan fingerprint density at radius 1 is 1.43 bits per heavy atom. The highest BCUT2D eigenvalue weighted by atomic mass is 19.1. The average molecular weight is 287 g/mol. The van der Waals surface area contributed by atoms with Gasteiger partial charge in [0.15, 0.2) is 0 Å². The molecule has 1 unspecified atom stereocenters. The van der Waals surface area contributed by atoms with Gasteiger partial charge >= 0.3 is 0 Å². The lowest BCUT2D eigenvalue weighted by molar-refractivity contribution is 0.280. The molecule has 2 heterocycles. The van der Waals surface area contributed by atoms with Gasteiger partial charge in [0, 0.05) is 24.1 Å². The Labute approximate surface area is 124 Å². The summed E-state index contributed by atoms with van der Waals surface area (Å²) in [7, 11) is 0. The largest absolute Gasteiger partial charge is 0.324 e. The molecule has 0 radical (unpaired) electrons. The molecule has 2 fully saturated rings. The molecule has 1 atom stereocenters. The van der Waals surface area contributed by atoms with Crippen molar-refractivity contribution in [1.29, 1.82) is 0 Å². The summed E-state index contributed by atoms with van der Waals surface area (Å²) >= 11 is 0. The zero-order valence-electron chi connectivity index (χ0n) is 12.5. The van der Waals surface area contributed by atoms with Crippen molar-refractivity contribution in [2.45, 2.75) is 50.5 Å². The Morgan fingerprint density at radius 2 is 2.29 bits per heavy atom. The van der Waals surface area contributed by atoms with E-state index < -0.39 is 0 Å². The Kier molecular flexibility index (Phi) is 3.03. The van der Waals surface area contributed by atoms with E-state index in [9.17, 15) is 4.39 Å². The summed E-state index contributed by atoms with van der Waals surface area (Å²) in [5, 5.41) is 3.54. The van der Waals surface area contributed by atoms with Gasteiger partial charge in [0.25, 0.3) is 0 Å². The normalized spacial score (nSPS) is 26.4. The van der Waals surface area contributed by atoms with E-state index in [-0.39, 0.29) is 11.2 Å². The fraction of sp³-hybridized carbons (Fsp3) is 0.588. The number of halogens is 1. The van der Waals surface area contributed by atoms with E-state index in [0.29, 0.717) is 6.04 Å². The first-order chi connectivity index (χ1) is 10.2. The summed E-state index contributed by atoms with van der Waals surface area (Å²) in [5.41, 5.74) is 2.03. The Balaban J connectivity index is 1.92. The van der Waals surface area contributed by atoms with Crippen molar-refractivity contribution in [3.05, 3.63) is 29.8 Å². The summed E-state index contributed by atoms with van der Waals surface area (Å²) in [6, 6.07) is 5.61. The molecule has 1 aliphatic carbocycles. The first kappa shape index (κ1) is 13.3. The second-order valence-corrected chi connectivity index (χ2v) is 6.58. The number of fused-ring (bicyclic) bond motifs is 1. The molecule has 0 bridgehead atoms. The third-order valence-corrected chi connectivity index (χ3v) is 5.19. The fourth-order valence-corrected chi connectivity index (χ4v) is 3.77. The molecule has 1 aromatic heterocycles. The van der Waals surface area contributed by atoms with Crippen molar-refractivity contribution >= 4 is 11.0 Å². The predicted octanol–water partition coefficient (Wildman–Crippen LogP) is 3.54. The number of nitrogens with zero attached hydrogens (tertiary/aromatic N) is 2. The maximum Gasteiger partial charge on any atom is 0.125 e. The first-order valence-corrected chi connectivity index (χ1v) is 8.12. The van der Waals surface area contributed by atoms with Gasteiger partial charge in [-0.3, -0.25) is 0 Å². The second-order valence-electron chi connectivity index (χ2n) is 6.58. The monoisotopic (exact) mass is 287 g/mol. The summed E-state index contributed by atoms with van der Waals surface area (Å²) in [6.07, 6.45) is 5.90. The molecule has 0 amide bonds. The van der Waals surface area contributed by atoms with Gasteiger partial charge in [-0.15, -0.1) is 0 Å². The summed E-state index contributed by atoms with van der Waals surface area (Å²) in [5.74, 6) is 0.988. The van der Waals surface area contributed by atoms with Crippen LogP contribution in [0.3, 0.4) is 0 Å². The maximum atomic E-state index is 13.6. The predicted molar refractivity (Wildman–Crippen MR) is 82.0 cm³/mol. The molecule has 4 rings (SSSR count). The molecular formula is C17H22FN3. The number of benzene rings is 1. The zero-order chi connectivity index (χ0) is 14.4. The van der Waals surface area contributed by atoms with Crippen LogP contribution in [0.1, 0.15) is 50.9 Å². The SMILES string of the molecule is CCC1(c2nc3cc(F)ccc3n2C2CC2)CCCNC1. The lowest BCUT2D eigenvalue weighted by Gasteiger charge is -2.36. The molecule has 1 saturated carbocycles. The summed E-state index contributed by atoms with van der Waals surface area (Å²) < 4.78 is 16.0. The number of aromatic nitrogens is 2. The minimum Gasteiger partial charge on any atom is -0.324 e. The Bertz CT molecular complexity index is 666. The van der Waals surface area contributed by atoms with Gasteiger partial charge in [-0.05, 0) is 50.8 Å². The minimum atomic E-state index is -0.193. The van der Waals surface area contributed by atoms with Crippen molar-refractivity contribution in [1.82, 2.24) is 14.9 Å². The van der Waals surface area contributed by atoms with Gasteiger partial charge in [0.05, 0.1) is 11.0 Å². The van der Waals surface area contributed by atoms with E-state index in [1.807, 2.05) is 6.07 Å². The molecule has 21 heavy (non-hydrogen) atoms. The van der Waals surface area contributed by atoms with Gasteiger partial charge < -0.3 is 9.88 Å². The third kappa shape index (κ3) is 2.08. The molecule has 0 spiro atoms. The number of nitrogens with one attached hydrogen (secondary N) is 1. The highest BCUT2D eigenvalue weighted by molar-refractivity contribution is 5.76. The van der Waals surface area contributed by atoms with Crippen LogP contribution in [0.5, 0.6) is 0 Å². The van der Waals surface area contributed by atoms with Crippen LogP contribution in [0.2, 0.25) is 0 Å². The summed E-state index contributed by atoms with van der Waals surface area (Å²) in [6.45, 7) is 4.34. The maximum absolute atomic E-state index is 13.6. The van der Waals surface area contributed by atoms with Crippen molar-refractivity contribution in [3.8, 4) is 0 Å². The lowest BCUT2D eigenvalue weighted by Crippen LogP contribution is -2.44. The molecule has 2 aromatic rings. The number of rotatable bonds is 3. The number of hydrogen-bond acceptors (Lipinski definition) is 2. The van der Waals surface area contributed by atoms with Gasteiger partial charge in [0.1, 0.15) is 11.6 Å². The molecular weight excluding hydrogens is 265 g/mol.